The van der Waals surface area contributed by atoms with Crippen molar-refractivity contribution in [1.82, 2.24) is 0 Å². The number of aryl methyl sites for hydroxylation is 1. The van der Waals surface area contributed by atoms with Gasteiger partial charge < -0.3 is 10.5 Å². The molecule has 0 unspecified atom stereocenters. The molecule has 0 fully saturated rings. The molecular weight excluding hydrogens is 314 g/mol. The molecule has 0 aliphatic carbocycles. The van der Waals surface area contributed by atoms with Gasteiger partial charge in [0.25, 0.3) is 0 Å². The Bertz CT molecular complexity index is 629. The molecule has 2 N–H and O–H groups in total. The van der Waals surface area contributed by atoms with Crippen molar-refractivity contribution in [2.75, 3.05) is 5.73 Å². The van der Waals surface area contributed by atoms with Crippen molar-refractivity contribution in [2.24, 2.45) is 0 Å². The summed E-state index contributed by atoms with van der Waals surface area (Å²) in [6.45, 7) is 8.66. The average molecular weight is 334 g/mol. The summed E-state index contributed by atoms with van der Waals surface area (Å²) in [5.74, 6) is 1.51. The van der Waals surface area contributed by atoms with Crippen LogP contribution in [0.5, 0.6) is 11.5 Å². The standard InChI is InChI=1S/C17H20BrNO/c1-11-9-12(17(2,3)4)5-8-15(11)20-16-10-13(18)6-7-14(16)19/h5-10H,19H2,1-4H3. The lowest BCUT2D eigenvalue weighted by atomic mass is 9.86. The fourth-order valence-corrected chi connectivity index (χ4v) is 2.29. The molecule has 0 radical (unpaired) electrons. The smallest absolute Gasteiger partial charge is 0.151 e. The van der Waals surface area contributed by atoms with Gasteiger partial charge in [0.2, 0.25) is 0 Å². The molecule has 20 heavy (non-hydrogen) atoms. The van der Waals surface area contributed by atoms with E-state index >= 15 is 0 Å². The third-order valence-electron chi connectivity index (χ3n) is 3.24. The Morgan fingerprint density at radius 3 is 2.30 bits per heavy atom. The van der Waals surface area contributed by atoms with Crippen molar-refractivity contribution in [1.29, 1.82) is 0 Å². The van der Waals surface area contributed by atoms with Crippen LogP contribution < -0.4 is 10.5 Å². The van der Waals surface area contributed by atoms with E-state index in [1.54, 1.807) is 0 Å². The van der Waals surface area contributed by atoms with Gasteiger partial charge >= 0.3 is 0 Å². The number of halogens is 1. The number of ether oxygens (including phenoxy) is 1. The zero-order valence-corrected chi connectivity index (χ0v) is 13.9. The van der Waals surface area contributed by atoms with Crippen molar-refractivity contribution in [3.05, 3.63) is 52.0 Å². The highest BCUT2D eigenvalue weighted by Gasteiger charge is 2.15. The molecule has 0 spiro atoms. The minimum Gasteiger partial charge on any atom is -0.455 e. The summed E-state index contributed by atoms with van der Waals surface area (Å²) in [6.07, 6.45) is 0. The SMILES string of the molecule is Cc1cc(C(C)(C)C)ccc1Oc1cc(Br)ccc1N. The van der Waals surface area contributed by atoms with Crippen molar-refractivity contribution in [3.63, 3.8) is 0 Å². The van der Waals surface area contributed by atoms with Crippen LogP contribution in [0.25, 0.3) is 0 Å². The van der Waals surface area contributed by atoms with Gasteiger partial charge in [-0.15, -0.1) is 0 Å². The van der Waals surface area contributed by atoms with E-state index < -0.39 is 0 Å². The minimum absolute atomic E-state index is 0.137. The van der Waals surface area contributed by atoms with E-state index in [9.17, 15) is 0 Å². The summed E-state index contributed by atoms with van der Waals surface area (Å²) in [7, 11) is 0. The summed E-state index contributed by atoms with van der Waals surface area (Å²) in [4.78, 5) is 0. The van der Waals surface area contributed by atoms with Crippen LogP contribution in [0.1, 0.15) is 31.9 Å². The van der Waals surface area contributed by atoms with E-state index in [1.165, 1.54) is 5.56 Å². The Morgan fingerprint density at radius 2 is 1.70 bits per heavy atom. The van der Waals surface area contributed by atoms with Gasteiger partial charge in [-0.2, -0.15) is 0 Å². The van der Waals surface area contributed by atoms with E-state index in [0.29, 0.717) is 11.4 Å². The third kappa shape index (κ3) is 3.34. The molecule has 2 nitrogen and oxygen atoms in total. The molecule has 0 amide bonds. The third-order valence-corrected chi connectivity index (χ3v) is 3.73. The van der Waals surface area contributed by atoms with Crippen LogP contribution in [0.4, 0.5) is 5.69 Å². The first-order chi connectivity index (χ1) is 9.27. The molecule has 0 aliphatic heterocycles. The predicted octanol–water partition coefficient (Wildman–Crippen LogP) is 5.43. The largest absolute Gasteiger partial charge is 0.455 e. The van der Waals surface area contributed by atoms with E-state index in [4.69, 9.17) is 10.5 Å². The Hall–Kier alpha value is -1.48. The van der Waals surface area contributed by atoms with Gasteiger partial charge in [-0.25, -0.2) is 0 Å². The summed E-state index contributed by atoms with van der Waals surface area (Å²) in [6, 6.07) is 11.9. The molecule has 0 atom stereocenters. The highest BCUT2D eigenvalue weighted by Crippen LogP contribution is 2.34. The fourth-order valence-electron chi connectivity index (χ4n) is 1.95. The van der Waals surface area contributed by atoms with Gasteiger partial charge in [-0.1, -0.05) is 48.8 Å². The fraction of sp³-hybridized carbons (Fsp3) is 0.294. The van der Waals surface area contributed by atoms with Gasteiger partial charge in [0.05, 0.1) is 5.69 Å². The van der Waals surface area contributed by atoms with Crippen LogP contribution in [0.3, 0.4) is 0 Å². The molecule has 2 aromatic rings. The number of nitrogens with two attached hydrogens (primary N) is 1. The van der Waals surface area contributed by atoms with Crippen molar-refractivity contribution in [3.8, 4) is 11.5 Å². The normalized spacial score (nSPS) is 11.4. The quantitative estimate of drug-likeness (QED) is 0.743. The first-order valence-corrected chi connectivity index (χ1v) is 7.40. The number of nitrogen functional groups attached to an aromatic ring is 1. The Balaban J connectivity index is 2.33. The Labute approximate surface area is 129 Å². The van der Waals surface area contributed by atoms with Crippen LogP contribution in [0.2, 0.25) is 0 Å². The summed E-state index contributed by atoms with van der Waals surface area (Å²) < 4.78 is 6.88. The highest BCUT2D eigenvalue weighted by atomic mass is 79.9. The molecule has 106 valence electrons. The van der Waals surface area contributed by atoms with Crippen LogP contribution in [0.15, 0.2) is 40.9 Å². The van der Waals surface area contributed by atoms with E-state index in [-0.39, 0.29) is 5.41 Å². The van der Waals surface area contributed by atoms with E-state index in [0.717, 1.165) is 15.8 Å². The van der Waals surface area contributed by atoms with Gasteiger partial charge in [-0.05, 0) is 47.7 Å². The number of benzene rings is 2. The lowest BCUT2D eigenvalue weighted by Gasteiger charge is -2.20. The number of hydrogen-bond donors (Lipinski definition) is 1. The maximum atomic E-state index is 5.94. The number of hydrogen-bond acceptors (Lipinski definition) is 2. The Morgan fingerprint density at radius 1 is 1.00 bits per heavy atom. The van der Waals surface area contributed by atoms with Crippen molar-refractivity contribution in [2.45, 2.75) is 33.1 Å². The second-order valence-corrected chi connectivity index (χ2v) is 6.93. The van der Waals surface area contributed by atoms with E-state index in [1.807, 2.05) is 24.3 Å². The van der Waals surface area contributed by atoms with Gasteiger partial charge in [-0.3, -0.25) is 0 Å². The molecule has 0 bridgehead atoms. The van der Waals surface area contributed by atoms with Crippen LogP contribution in [-0.2, 0) is 5.41 Å². The lowest BCUT2D eigenvalue weighted by Crippen LogP contribution is -2.11. The molecular formula is C17H20BrNO. The van der Waals surface area contributed by atoms with Gasteiger partial charge in [0.1, 0.15) is 5.75 Å². The molecule has 0 saturated heterocycles. The predicted molar refractivity (Wildman–Crippen MR) is 88.5 cm³/mol. The molecule has 0 heterocycles. The molecule has 2 rings (SSSR count). The van der Waals surface area contributed by atoms with Gasteiger partial charge in [0, 0.05) is 4.47 Å². The second kappa shape index (κ2) is 5.49. The minimum atomic E-state index is 0.137. The number of rotatable bonds is 2. The van der Waals surface area contributed by atoms with E-state index in [2.05, 4.69) is 55.8 Å². The molecule has 0 saturated carbocycles. The van der Waals surface area contributed by atoms with Crippen LogP contribution >= 0.6 is 15.9 Å². The topological polar surface area (TPSA) is 35.2 Å². The van der Waals surface area contributed by atoms with Gasteiger partial charge in [0.15, 0.2) is 5.75 Å². The zero-order valence-electron chi connectivity index (χ0n) is 12.3. The highest BCUT2D eigenvalue weighted by molar-refractivity contribution is 9.10. The first kappa shape index (κ1) is 14.9. The summed E-state index contributed by atoms with van der Waals surface area (Å²) >= 11 is 3.43. The average Bonchev–Trinajstić information content (AvgIpc) is 2.35. The van der Waals surface area contributed by atoms with Crippen molar-refractivity contribution >= 4 is 21.6 Å². The Kier molecular flexibility index (Phi) is 4.09. The monoisotopic (exact) mass is 333 g/mol. The summed E-state index contributed by atoms with van der Waals surface area (Å²) in [5, 5.41) is 0. The maximum Gasteiger partial charge on any atom is 0.151 e. The summed E-state index contributed by atoms with van der Waals surface area (Å²) in [5.41, 5.74) is 9.11. The maximum absolute atomic E-state index is 5.94. The first-order valence-electron chi connectivity index (χ1n) is 6.61. The van der Waals surface area contributed by atoms with Crippen molar-refractivity contribution < 1.29 is 4.74 Å². The number of anilines is 1. The zero-order chi connectivity index (χ0) is 14.9. The van der Waals surface area contributed by atoms with Crippen LogP contribution in [0, 0.1) is 6.92 Å². The van der Waals surface area contributed by atoms with Crippen LogP contribution in [-0.4, -0.2) is 0 Å². The molecule has 3 heteroatoms. The molecule has 0 aliphatic rings. The lowest BCUT2D eigenvalue weighted by molar-refractivity contribution is 0.479. The molecule has 0 aromatic heterocycles. The second-order valence-electron chi connectivity index (χ2n) is 6.01. The molecule has 2 aromatic carbocycles.